The van der Waals surface area contributed by atoms with E-state index in [1.165, 1.54) is 31.4 Å². The minimum Gasteiger partial charge on any atom is -0.496 e. The van der Waals surface area contributed by atoms with E-state index < -0.39 is 10.8 Å². The number of nitro benzene ring substituents is 1. The van der Waals surface area contributed by atoms with Crippen molar-refractivity contribution in [3.63, 3.8) is 0 Å². The summed E-state index contributed by atoms with van der Waals surface area (Å²) in [6.07, 6.45) is 1.52. The lowest BCUT2D eigenvalue weighted by atomic mass is 9.95. The number of ether oxygens (including phenoxy) is 1. The first-order valence-corrected chi connectivity index (χ1v) is 9.68. The molecule has 156 valence electrons. The van der Waals surface area contributed by atoms with E-state index >= 15 is 0 Å². The minimum atomic E-state index is -0.738. The van der Waals surface area contributed by atoms with Gasteiger partial charge in [0.05, 0.1) is 18.1 Å². The molecule has 0 bridgehead atoms. The number of nitro groups is 1. The molecule has 7 nitrogen and oxygen atoms in total. The summed E-state index contributed by atoms with van der Waals surface area (Å²) in [6, 6.07) is 23.5. The molecule has 0 aliphatic rings. The van der Waals surface area contributed by atoms with Crippen LogP contribution in [-0.4, -0.2) is 17.9 Å². The van der Waals surface area contributed by atoms with Crippen LogP contribution in [0.15, 0.2) is 78.4 Å². The molecule has 1 amide bonds. The molecular weight excluding hydrogens is 406 g/mol. The maximum atomic E-state index is 12.9. The zero-order valence-electron chi connectivity index (χ0n) is 17.0. The molecule has 0 fully saturated rings. The molecule has 0 saturated carbocycles. The van der Waals surface area contributed by atoms with Gasteiger partial charge in [-0.15, -0.1) is 0 Å². The van der Waals surface area contributed by atoms with E-state index in [2.05, 4.69) is 11.4 Å². The second-order valence-corrected chi connectivity index (χ2v) is 7.00. The van der Waals surface area contributed by atoms with E-state index in [9.17, 15) is 20.2 Å². The van der Waals surface area contributed by atoms with Crippen molar-refractivity contribution in [2.24, 2.45) is 0 Å². The first-order valence-electron chi connectivity index (χ1n) is 9.68. The second-order valence-electron chi connectivity index (χ2n) is 7.00. The van der Waals surface area contributed by atoms with Crippen LogP contribution in [0.25, 0.3) is 27.6 Å². The van der Waals surface area contributed by atoms with Gasteiger partial charge in [0, 0.05) is 0 Å². The molecule has 0 heterocycles. The highest BCUT2D eigenvalue weighted by Gasteiger charge is 2.19. The maximum Gasteiger partial charge on any atom is 0.296 e. The lowest BCUT2D eigenvalue weighted by Gasteiger charge is -2.10. The Bertz CT molecular complexity index is 1400. The molecule has 4 aromatic carbocycles. The number of fused-ring (bicyclic) bond motifs is 2. The molecule has 0 spiro atoms. The molecule has 32 heavy (non-hydrogen) atoms. The van der Waals surface area contributed by atoms with Crippen LogP contribution in [0, 0.1) is 21.4 Å². The normalized spacial score (nSPS) is 11.2. The van der Waals surface area contributed by atoms with Gasteiger partial charge in [0.2, 0.25) is 0 Å². The van der Waals surface area contributed by atoms with Crippen molar-refractivity contribution >= 4 is 44.9 Å². The predicted octanol–water partition coefficient (Wildman–Crippen LogP) is 5.46. The number of nitriles is 1. The molecule has 0 aromatic heterocycles. The fraction of sp³-hybridized carbons (Fsp3) is 0.0400. The summed E-state index contributed by atoms with van der Waals surface area (Å²) in [5.41, 5.74) is 0.210. The Kier molecular flexibility index (Phi) is 5.51. The molecule has 0 radical (unpaired) electrons. The number of methoxy groups -OCH3 is 1. The van der Waals surface area contributed by atoms with Gasteiger partial charge in [-0.25, -0.2) is 0 Å². The van der Waals surface area contributed by atoms with Crippen molar-refractivity contribution in [3.05, 3.63) is 94.0 Å². The molecule has 0 aliphatic heterocycles. The highest BCUT2D eigenvalue weighted by atomic mass is 16.6. The molecule has 4 aromatic rings. The zero-order chi connectivity index (χ0) is 22.7. The van der Waals surface area contributed by atoms with E-state index in [0.717, 1.165) is 27.1 Å². The topological polar surface area (TPSA) is 105 Å². The van der Waals surface area contributed by atoms with E-state index in [0.29, 0.717) is 0 Å². The second kappa shape index (κ2) is 8.58. The summed E-state index contributed by atoms with van der Waals surface area (Å²) in [4.78, 5) is 23.7. The van der Waals surface area contributed by atoms with Gasteiger partial charge in [0.1, 0.15) is 23.1 Å². The number of amides is 1. The highest BCUT2D eigenvalue weighted by Crippen LogP contribution is 2.32. The van der Waals surface area contributed by atoms with Gasteiger partial charge in [-0.05, 0) is 51.4 Å². The van der Waals surface area contributed by atoms with Crippen molar-refractivity contribution < 1.29 is 14.5 Å². The van der Waals surface area contributed by atoms with Crippen LogP contribution in [0.2, 0.25) is 0 Å². The average molecular weight is 423 g/mol. The summed E-state index contributed by atoms with van der Waals surface area (Å²) in [5, 5.41) is 27.3. The third kappa shape index (κ3) is 3.85. The summed E-state index contributed by atoms with van der Waals surface area (Å²) in [5.74, 6) is -0.453. The number of benzene rings is 4. The molecule has 0 aliphatic carbocycles. The summed E-state index contributed by atoms with van der Waals surface area (Å²) in [7, 11) is 1.39. The van der Waals surface area contributed by atoms with Crippen LogP contribution in [0.4, 0.5) is 11.4 Å². The molecule has 1 N–H and O–H groups in total. The van der Waals surface area contributed by atoms with Crippen molar-refractivity contribution in [1.82, 2.24) is 0 Å². The van der Waals surface area contributed by atoms with Crippen LogP contribution in [0.1, 0.15) is 5.56 Å². The monoisotopic (exact) mass is 423 g/mol. The van der Waals surface area contributed by atoms with Crippen molar-refractivity contribution in [1.29, 1.82) is 5.26 Å². The lowest BCUT2D eigenvalue weighted by molar-refractivity contribution is -0.384. The Balaban J connectivity index is 1.81. The number of nitrogens with one attached hydrogen (secondary N) is 1. The fourth-order valence-corrected chi connectivity index (χ4v) is 3.58. The summed E-state index contributed by atoms with van der Waals surface area (Å²) >= 11 is 0. The largest absolute Gasteiger partial charge is 0.496 e. The first kappa shape index (κ1) is 20.6. The van der Waals surface area contributed by atoms with Crippen LogP contribution in [-0.2, 0) is 4.79 Å². The van der Waals surface area contributed by atoms with Crippen molar-refractivity contribution in [2.75, 3.05) is 12.4 Å². The van der Waals surface area contributed by atoms with E-state index in [-0.39, 0.29) is 22.7 Å². The van der Waals surface area contributed by atoms with Gasteiger partial charge in [-0.2, -0.15) is 5.26 Å². The SMILES string of the molecule is COc1ccc(NC(=O)/C(C#N)=C/c2c3ccccc3cc3ccccc23)c([N+](=O)[O-])c1. The Morgan fingerprint density at radius 3 is 2.22 bits per heavy atom. The third-order valence-corrected chi connectivity index (χ3v) is 5.12. The third-order valence-electron chi connectivity index (χ3n) is 5.12. The molecule has 0 atom stereocenters. The summed E-state index contributed by atoms with van der Waals surface area (Å²) < 4.78 is 5.01. The van der Waals surface area contributed by atoms with Gasteiger partial charge in [0.25, 0.3) is 11.6 Å². The zero-order valence-corrected chi connectivity index (χ0v) is 17.0. The van der Waals surface area contributed by atoms with Crippen molar-refractivity contribution in [2.45, 2.75) is 0 Å². The van der Waals surface area contributed by atoms with Crippen molar-refractivity contribution in [3.8, 4) is 11.8 Å². The van der Waals surface area contributed by atoms with Crippen LogP contribution in [0.5, 0.6) is 5.75 Å². The Morgan fingerprint density at radius 2 is 1.66 bits per heavy atom. The quantitative estimate of drug-likeness (QED) is 0.151. The Morgan fingerprint density at radius 1 is 1.03 bits per heavy atom. The molecule has 7 heteroatoms. The predicted molar refractivity (Wildman–Crippen MR) is 123 cm³/mol. The van der Waals surface area contributed by atoms with Crippen LogP contribution >= 0.6 is 0 Å². The fourth-order valence-electron chi connectivity index (χ4n) is 3.58. The number of anilines is 1. The molecule has 0 saturated heterocycles. The Hall–Kier alpha value is -4.70. The number of carbonyl (C=O) groups excluding carboxylic acids is 1. The maximum absolute atomic E-state index is 12.9. The van der Waals surface area contributed by atoms with Gasteiger partial charge in [-0.3, -0.25) is 14.9 Å². The standard InChI is InChI=1S/C25H17N3O4/c1-32-19-10-11-23(24(14-19)28(30)31)27-25(29)18(15-26)13-22-20-8-4-2-6-16(20)12-17-7-3-5-9-21(17)22/h2-14H,1H3,(H,27,29)/b18-13+. The van der Waals surface area contributed by atoms with E-state index in [1.807, 2.05) is 54.6 Å². The molecule has 0 unspecified atom stereocenters. The van der Waals surface area contributed by atoms with Gasteiger partial charge < -0.3 is 10.1 Å². The van der Waals surface area contributed by atoms with E-state index in [1.54, 1.807) is 0 Å². The minimum absolute atomic E-state index is 0.0234. The van der Waals surface area contributed by atoms with Crippen LogP contribution < -0.4 is 10.1 Å². The van der Waals surface area contributed by atoms with Crippen LogP contribution in [0.3, 0.4) is 0 Å². The highest BCUT2D eigenvalue weighted by molar-refractivity contribution is 6.14. The number of hydrogen-bond donors (Lipinski definition) is 1. The molecule has 4 rings (SSSR count). The average Bonchev–Trinajstić information content (AvgIpc) is 2.81. The Labute approximate surface area is 183 Å². The number of nitrogens with zero attached hydrogens (tertiary/aromatic N) is 2. The smallest absolute Gasteiger partial charge is 0.296 e. The number of carbonyl (C=O) groups is 1. The summed E-state index contributed by atoms with van der Waals surface area (Å²) in [6.45, 7) is 0. The molecular formula is C25H17N3O4. The van der Waals surface area contributed by atoms with Gasteiger partial charge in [0.15, 0.2) is 0 Å². The first-order chi connectivity index (χ1) is 15.5. The number of hydrogen-bond acceptors (Lipinski definition) is 5. The van der Waals surface area contributed by atoms with E-state index in [4.69, 9.17) is 4.74 Å². The van der Waals surface area contributed by atoms with Gasteiger partial charge in [-0.1, -0.05) is 48.5 Å². The lowest BCUT2D eigenvalue weighted by Crippen LogP contribution is -2.14. The number of rotatable bonds is 5. The van der Waals surface area contributed by atoms with Gasteiger partial charge >= 0.3 is 0 Å².